The summed E-state index contributed by atoms with van der Waals surface area (Å²) in [5.74, 6) is 1.11. The Balaban J connectivity index is 1.91. The summed E-state index contributed by atoms with van der Waals surface area (Å²) in [4.78, 5) is 10.0. The Morgan fingerprint density at radius 2 is 2.18 bits per heavy atom. The molecule has 0 bridgehead atoms. The van der Waals surface area contributed by atoms with Gasteiger partial charge in [-0.3, -0.25) is 0 Å². The molecule has 0 saturated heterocycles. The summed E-state index contributed by atoms with van der Waals surface area (Å²) in [5.41, 5.74) is 6.45. The molecule has 0 spiro atoms. The van der Waals surface area contributed by atoms with E-state index >= 15 is 0 Å². The number of anilines is 3. The van der Waals surface area contributed by atoms with Crippen molar-refractivity contribution < 1.29 is 10.2 Å². The van der Waals surface area contributed by atoms with Crippen molar-refractivity contribution in [3.8, 4) is 0 Å². The number of aliphatic hydroxyl groups is 2. The van der Waals surface area contributed by atoms with Crippen LogP contribution in [0.25, 0.3) is 0 Å². The van der Waals surface area contributed by atoms with Crippen LogP contribution in [-0.4, -0.2) is 45.1 Å². The second-order valence-electron chi connectivity index (χ2n) is 4.46. The number of hydrogen-bond donors (Lipinski definition) is 4. The molecule has 1 saturated carbocycles. The van der Waals surface area contributed by atoms with E-state index < -0.39 is 12.2 Å². The second-order valence-corrected chi connectivity index (χ2v) is 4.46. The first-order chi connectivity index (χ1) is 8.18. The summed E-state index contributed by atoms with van der Waals surface area (Å²) in [6.07, 6.45) is 1.37. The van der Waals surface area contributed by atoms with Crippen molar-refractivity contribution in [1.29, 1.82) is 0 Å². The summed E-state index contributed by atoms with van der Waals surface area (Å²) < 4.78 is 0. The Kier molecular flexibility index (Phi) is 2.30. The third-order valence-electron chi connectivity index (χ3n) is 3.50. The van der Waals surface area contributed by atoms with Gasteiger partial charge in [-0.1, -0.05) is 0 Å². The fourth-order valence-corrected chi connectivity index (χ4v) is 2.57. The van der Waals surface area contributed by atoms with E-state index in [1.807, 2.05) is 4.90 Å². The zero-order chi connectivity index (χ0) is 12.0. The SMILES string of the molecule is Nc1ncnc2c1NCN2[C@H]1CC[C@H](O)[C@@H]1O. The maximum Gasteiger partial charge on any atom is 0.159 e. The molecule has 3 rings (SSSR count). The first-order valence-corrected chi connectivity index (χ1v) is 5.65. The van der Waals surface area contributed by atoms with Crippen molar-refractivity contribution in [2.75, 3.05) is 22.6 Å². The molecule has 5 N–H and O–H groups in total. The zero-order valence-corrected chi connectivity index (χ0v) is 9.24. The fourth-order valence-electron chi connectivity index (χ4n) is 2.57. The lowest BCUT2D eigenvalue weighted by molar-refractivity contribution is 0.0352. The summed E-state index contributed by atoms with van der Waals surface area (Å²) >= 11 is 0. The van der Waals surface area contributed by atoms with E-state index in [0.717, 1.165) is 6.42 Å². The maximum atomic E-state index is 9.92. The van der Waals surface area contributed by atoms with Crippen LogP contribution in [0, 0.1) is 0 Å². The molecule has 0 aromatic carbocycles. The van der Waals surface area contributed by atoms with E-state index in [-0.39, 0.29) is 6.04 Å². The van der Waals surface area contributed by atoms with E-state index in [4.69, 9.17) is 5.73 Å². The van der Waals surface area contributed by atoms with Gasteiger partial charge in [-0.05, 0) is 12.8 Å². The van der Waals surface area contributed by atoms with Crippen LogP contribution in [0.1, 0.15) is 12.8 Å². The van der Waals surface area contributed by atoms with Crippen molar-refractivity contribution in [2.45, 2.75) is 31.1 Å². The molecule has 1 aliphatic heterocycles. The highest BCUT2D eigenvalue weighted by Gasteiger charge is 2.40. The van der Waals surface area contributed by atoms with Gasteiger partial charge in [0.25, 0.3) is 0 Å². The van der Waals surface area contributed by atoms with Crippen molar-refractivity contribution in [3.05, 3.63) is 6.33 Å². The predicted molar refractivity (Wildman–Crippen MR) is 62.4 cm³/mol. The molecular formula is C10H15N5O2. The van der Waals surface area contributed by atoms with Crippen molar-refractivity contribution >= 4 is 17.3 Å². The van der Waals surface area contributed by atoms with Crippen molar-refractivity contribution in [1.82, 2.24) is 9.97 Å². The monoisotopic (exact) mass is 237 g/mol. The minimum Gasteiger partial charge on any atom is -0.390 e. The molecule has 17 heavy (non-hydrogen) atoms. The molecule has 2 aliphatic rings. The number of aliphatic hydroxyl groups excluding tert-OH is 2. The molecule has 92 valence electrons. The number of nitrogens with zero attached hydrogens (tertiary/aromatic N) is 3. The normalized spacial score (nSPS) is 31.4. The lowest BCUT2D eigenvalue weighted by Crippen LogP contribution is -2.43. The molecule has 7 heteroatoms. The van der Waals surface area contributed by atoms with Crippen LogP contribution in [0.15, 0.2) is 6.33 Å². The number of nitrogens with one attached hydrogen (secondary N) is 1. The van der Waals surface area contributed by atoms with Crippen LogP contribution in [0.4, 0.5) is 17.3 Å². The van der Waals surface area contributed by atoms with Gasteiger partial charge < -0.3 is 26.2 Å². The highest BCUT2D eigenvalue weighted by atomic mass is 16.3. The topological polar surface area (TPSA) is 108 Å². The number of aromatic nitrogens is 2. The number of hydrogen-bond acceptors (Lipinski definition) is 7. The molecule has 0 amide bonds. The molecule has 3 atom stereocenters. The van der Waals surface area contributed by atoms with Crippen LogP contribution in [-0.2, 0) is 0 Å². The summed E-state index contributed by atoms with van der Waals surface area (Å²) in [6, 6.07) is -0.118. The Hall–Kier alpha value is -1.60. The standard InChI is InChI=1S/C10H15N5O2/c11-9-7-10(13-3-12-9)15(4-14-7)5-1-2-6(16)8(5)17/h3,5-6,8,14,16-17H,1-2,4H2,(H2,11,12,13)/t5-,6-,8+/m0/s1. The van der Waals surface area contributed by atoms with Crippen LogP contribution in [0.2, 0.25) is 0 Å². The fraction of sp³-hybridized carbons (Fsp3) is 0.600. The smallest absolute Gasteiger partial charge is 0.159 e. The van der Waals surface area contributed by atoms with Gasteiger partial charge in [0.15, 0.2) is 11.6 Å². The highest BCUT2D eigenvalue weighted by molar-refractivity contribution is 5.80. The quantitative estimate of drug-likeness (QED) is 0.503. The van der Waals surface area contributed by atoms with E-state index in [2.05, 4.69) is 15.3 Å². The van der Waals surface area contributed by atoms with Gasteiger partial charge in [0.2, 0.25) is 0 Å². The first kappa shape index (κ1) is 10.5. The summed E-state index contributed by atoms with van der Waals surface area (Å²) in [7, 11) is 0. The largest absolute Gasteiger partial charge is 0.390 e. The number of nitrogen functional groups attached to an aromatic ring is 1. The minimum absolute atomic E-state index is 0.118. The van der Waals surface area contributed by atoms with Crippen molar-refractivity contribution in [3.63, 3.8) is 0 Å². The van der Waals surface area contributed by atoms with Gasteiger partial charge in [-0.25, -0.2) is 9.97 Å². The average Bonchev–Trinajstić information content (AvgIpc) is 2.86. The molecule has 1 aromatic heterocycles. The van der Waals surface area contributed by atoms with Gasteiger partial charge in [0.1, 0.15) is 18.1 Å². The summed E-state index contributed by atoms with van der Waals surface area (Å²) in [6.45, 7) is 0.534. The number of rotatable bonds is 1. The van der Waals surface area contributed by atoms with Gasteiger partial charge in [-0.2, -0.15) is 0 Å². The number of nitrogens with two attached hydrogens (primary N) is 1. The van der Waals surface area contributed by atoms with Crippen LogP contribution >= 0.6 is 0 Å². The molecule has 1 fully saturated rings. The Morgan fingerprint density at radius 1 is 1.35 bits per heavy atom. The first-order valence-electron chi connectivity index (χ1n) is 5.65. The number of fused-ring (bicyclic) bond motifs is 1. The average molecular weight is 237 g/mol. The Labute approximate surface area is 98.3 Å². The molecule has 1 aromatic rings. The Morgan fingerprint density at radius 3 is 2.88 bits per heavy atom. The van der Waals surface area contributed by atoms with Crippen LogP contribution in [0.3, 0.4) is 0 Å². The molecule has 0 unspecified atom stereocenters. The van der Waals surface area contributed by atoms with E-state index in [1.165, 1.54) is 6.33 Å². The predicted octanol–water partition coefficient (Wildman–Crippen LogP) is -0.868. The van der Waals surface area contributed by atoms with Gasteiger partial charge in [-0.15, -0.1) is 0 Å². The molecule has 1 aliphatic carbocycles. The second kappa shape index (κ2) is 3.71. The van der Waals surface area contributed by atoms with E-state index in [0.29, 0.717) is 30.4 Å². The molecular weight excluding hydrogens is 222 g/mol. The van der Waals surface area contributed by atoms with E-state index in [1.54, 1.807) is 0 Å². The molecule has 0 radical (unpaired) electrons. The third kappa shape index (κ3) is 1.50. The van der Waals surface area contributed by atoms with Gasteiger partial charge in [0.05, 0.1) is 18.8 Å². The zero-order valence-electron chi connectivity index (χ0n) is 9.24. The third-order valence-corrected chi connectivity index (χ3v) is 3.50. The lowest BCUT2D eigenvalue weighted by Gasteiger charge is -2.27. The molecule has 7 nitrogen and oxygen atoms in total. The van der Waals surface area contributed by atoms with Gasteiger partial charge >= 0.3 is 0 Å². The Bertz CT molecular complexity index is 441. The van der Waals surface area contributed by atoms with Crippen LogP contribution < -0.4 is 16.0 Å². The minimum atomic E-state index is -0.737. The maximum absolute atomic E-state index is 9.92. The molecule has 2 heterocycles. The lowest BCUT2D eigenvalue weighted by atomic mass is 10.2. The van der Waals surface area contributed by atoms with Gasteiger partial charge in [0, 0.05) is 0 Å². The van der Waals surface area contributed by atoms with E-state index in [9.17, 15) is 10.2 Å². The summed E-state index contributed by atoms with van der Waals surface area (Å²) in [5, 5.41) is 22.6. The highest BCUT2D eigenvalue weighted by Crippen LogP contribution is 2.37. The van der Waals surface area contributed by atoms with Crippen LogP contribution in [0.5, 0.6) is 0 Å². The van der Waals surface area contributed by atoms with Crippen molar-refractivity contribution in [2.24, 2.45) is 0 Å².